The molecule has 0 unspecified atom stereocenters. The van der Waals surface area contributed by atoms with E-state index in [1.165, 1.54) is 6.92 Å². The molecule has 1 aromatic heterocycles. The fourth-order valence-electron chi connectivity index (χ4n) is 1.95. The van der Waals surface area contributed by atoms with Crippen LogP contribution in [0.4, 0.5) is 0 Å². The molecule has 0 aliphatic carbocycles. The zero-order chi connectivity index (χ0) is 15.9. The van der Waals surface area contributed by atoms with Crippen molar-refractivity contribution < 1.29 is 19.1 Å². The molecule has 1 aromatic carbocycles. The smallest absolute Gasteiger partial charge is 0.338 e. The van der Waals surface area contributed by atoms with Crippen LogP contribution in [0.25, 0.3) is 0 Å². The molecular weight excluding hydrogens is 282 g/mol. The molecule has 114 valence electrons. The summed E-state index contributed by atoms with van der Waals surface area (Å²) in [6, 6.07) is 12.4. The van der Waals surface area contributed by atoms with E-state index in [1.54, 1.807) is 30.3 Å². The van der Waals surface area contributed by atoms with E-state index >= 15 is 0 Å². The Morgan fingerprint density at radius 2 is 1.77 bits per heavy atom. The Kier molecular flexibility index (Phi) is 5.25. The number of pyridine rings is 1. The van der Waals surface area contributed by atoms with Gasteiger partial charge in [0.25, 0.3) is 0 Å². The number of esters is 2. The maximum Gasteiger partial charge on any atom is 0.338 e. The van der Waals surface area contributed by atoms with E-state index < -0.39 is 0 Å². The molecule has 0 N–H and O–H groups in total. The fourth-order valence-corrected chi connectivity index (χ4v) is 1.95. The van der Waals surface area contributed by atoms with Crippen molar-refractivity contribution >= 4 is 11.9 Å². The van der Waals surface area contributed by atoms with Gasteiger partial charge in [-0.25, -0.2) is 4.79 Å². The number of carbonyl (C=O) groups is 2. The first kappa shape index (κ1) is 15.7. The topological polar surface area (TPSA) is 65.5 Å². The lowest BCUT2D eigenvalue weighted by Crippen LogP contribution is -2.07. The third-order valence-electron chi connectivity index (χ3n) is 2.87. The van der Waals surface area contributed by atoms with Crippen molar-refractivity contribution in [3.8, 4) is 0 Å². The van der Waals surface area contributed by atoms with Gasteiger partial charge in [-0.15, -0.1) is 0 Å². The highest BCUT2D eigenvalue weighted by Crippen LogP contribution is 2.10. The van der Waals surface area contributed by atoms with Crippen LogP contribution < -0.4 is 0 Å². The summed E-state index contributed by atoms with van der Waals surface area (Å²) in [5, 5.41) is 0. The normalized spacial score (nSPS) is 10.1. The highest BCUT2D eigenvalue weighted by atomic mass is 16.5. The van der Waals surface area contributed by atoms with Crippen molar-refractivity contribution in [1.29, 1.82) is 0 Å². The fraction of sp³-hybridized carbons (Fsp3) is 0.235. The third kappa shape index (κ3) is 4.70. The summed E-state index contributed by atoms with van der Waals surface area (Å²) in [7, 11) is 0. The van der Waals surface area contributed by atoms with Crippen molar-refractivity contribution in [2.24, 2.45) is 0 Å². The molecule has 1 heterocycles. The van der Waals surface area contributed by atoms with Gasteiger partial charge in [-0.05, 0) is 36.8 Å². The standard InChI is InChI=1S/C17H17NO4/c1-12-8-14(9-16(18-12)11-21-13(2)19)10-22-17(20)15-6-4-3-5-7-15/h3-9H,10-11H2,1-2H3. The first-order valence-electron chi connectivity index (χ1n) is 6.86. The molecule has 2 rings (SSSR count). The van der Waals surface area contributed by atoms with Crippen LogP contribution in [0.5, 0.6) is 0 Å². The third-order valence-corrected chi connectivity index (χ3v) is 2.87. The summed E-state index contributed by atoms with van der Waals surface area (Å²) in [4.78, 5) is 27.0. The quantitative estimate of drug-likeness (QED) is 0.794. The molecule has 0 saturated heterocycles. The average Bonchev–Trinajstić information content (AvgIpc) is 2.51. The molecule has 2 aromatic rings. The van der Waals surface area contributed by atoms with E-state index in [4.69, 9.17) is 9.47 Å². The number of nitrogens with zero attached hydrogens (tertiary/aromatic N) is 1. The molecule has 5 nitrogen and oxygen atoms in total. The zero-order valence-corrected chi connectivity index (χ0v) is 12.5. The van der Waals surface area contributed by atoms with Gasteiger partial charge in [0, 0.05) is 12.6 Å². The minimum absolute atomic E-state index is 0.108. The Morgan fingerprint density at radius 1 is 1.05 bits per heavy atom. The molecule has 0 bridgehead atoms. The number of hydrogen-bond acceptors (Lipinski definition) is 5. The van der Waals surface area contributed by atoms with Gasteiger partial charge in [0.15, 0.2) is 0 Å². The molecule has 0 aliphatic heterocycles. The van der Waals surface area contributed by atoms with Crippen LogP contribution in [0.15, 0.2) is 42.5 Å². The van der Waals surface area contributed by atoms with Crippen LogP contribution in [0.2, 0.25) is 0 Å². The van der Waals surface area contributed by atoms with Crippen LogP contribution in [0.3, 0.4) is 0 Å². The Bertz CT molecular complexity index is 668. The van der Waals surface area contributed by atoms with Crippen LogP contribution in [-0.2, 0) is 27.5 Å². The van der Waals surface area contributed by atoms with Crippen LogP contribution >= 0.6 is 0 Å². The monoisotopic (exact) mass is 299 g/mol. The van der Waals surface area contributed by atoms with E-state index in [9.17, 15) is 9.59 Å². The molecule has 0 radical (unpaired) electrons. The molecule has 0 atom stereocenters. The van der Waals surface area contributed by atoms with Crippen molar-refractivity contribution in [3.05, 3.63) is 65.0 Å². The highest BCUT2D eigenvalue weighted by Gasteiger charge is 2.08. The summed E-state index contributed by atoms with van der Waals surface area (Å²) < 4.78 is 10.2. The van der Waals surface area contributed by atoms with Crippen molar-refractivity contribution in [2.45, 2.75) is 27.1 Å². The largest absolute Gasteiger partial charge is 0.459 e. The van der Waals surface area contributed by atoms with Crippen LogP contribution in [0, 0.1) is 6.92 Å². The Labute approximate surface area is 128 Å². The number of hydrogen-bond donors (Lipinski definition) is 0. The second-order valence-corrected chi connectivity index (χ2v) is 4.83. The summed E-state index contributed by atoms with van der Waals surface area (Å²) in [5.41, 5.74) is 2.71. The number of ether oxygens (including phenoxy) is 2. The number of benzene rings is 1. The summed E-state index contributed by atoms with van der Waals surface area (Å²) in [6.07, 6.45) is 0. The molecule has 22 heavy (non-hydrogen) atoms. The lowest BCUT2D eigenvalue weighted by Gasteiger charge is -2.08. The first-order valence-corrected chi connectivity index (χ1v) is 6.86. The second kappa shape index (κ2) is 7.36. The van der Waals surface area contributed by atoms with Gasteiger partial charge in [0.05, 0.1) is 11.3 Å². The zero-order valence-electron chi connectivity index (χ0n) is 12.5. The second-order valence-electron chi connectivity index (χ2n) is 4.83. The van der Waals surface area contributed by atoms with E-state index in [1.807, 2.05) is 19.1 Å². The molecule has 0 saturated carbocycles. The highest BCUT2D eigenvalue weighted by molar-refractivity contribution is 5.89. The Morgan fingerprint density at radius 3 is 2.45 bits per heavy atom. The Balaban J connectivity index is 2.00. The molecule has 5 heteroatoms. The molecule has 0 fully saturated rings. The predicted molar refractivity (Wildman–Crippen MR) is 80.0 cm³/mol. The van der Waals surface area contributed by atoms with E-state index in [0.29, 0.717) is 11.3 Å². The summed E-state index contributed by atoms with van der Waals surface area (Å²) in [5.74, 6) is -0.739. The van der Waals surface area contributed by atoms with Crippen molar-refractivity contribution in [1.82, 2.24) is 4.98 Å². The lowest BCUT2D eigenvalue weighted by molar-refractivity contribution is -0.142. The Hall–Kier alpha value is -2.69. The molecular formula is C17H17NO4. The maximum atomic E-state index is 11.9. The lowest BCUT2D eigenvalue weighted by atomic mass is 10.2. The minimum atomic E-state index is -0.378. The van der Waals surface area contributed by atoms with E-state index in [0.717, 1.165) is 11.3 Å². The number of aryl methyl sites for hydroxylation is 1. The summed E-state index contributed by atoms with van der Waals surface area (Å²) >= 11 is 0. The van der Waals surface area contributed by atoms with Gasteiger partial charge in [-0.2, -0.15) is 0 Å². The van der Waals surface area contributed by atoms with Gasteiger partial charge in [0.2, 0.25) is 0 Å². The summed E-state index contributed by atoms with van der Waals surface area (Å²) in [6.45, 7) is 3.43. The maximum absolute atomic E-state index is 11.9. The molecule has 0 aliphatic rings. The first-order chi connectivity index (χ1) is 10.5. The van der Waals surface area contributed by atoms with Gasteiger partial charge < -0.3 is 9.47 Å². The average molecular weight is 299 g/mol. The van der Waals surface area contributed by atoms with Gasteiger partial charge >= 0.3 is 11.9 Å². The molecule has 0 spiro atoms. The SMILES string of the molecule is CC(=O)OCc1cc(COC(=O)c2ccccc2)cc(C)n1. The van der Waals surface area contributed by atoms with Crippen molar-refractivity contribution in [2.75, 3.05) is 0 Å². The van der Waals surface area contributed by atoms with Crippen molar-refractivity contribution in [3.63, 3.8) is 0 Å². The predicted octanol–water partition coefficient (Wildman–Crippen LogP) is 2.81. The van der Waals surface area contributed by atoms with E-state index in [-0.39, 0.29) is 25.2 Å². The van der Waals surface area contributed by atoms with Gasteiger partial charge in [-0.3, -0.25) is 9.78 Å². The van der Waals surface area contributed by atoms with E-state index in [2.05, 4.69) is 4.98 Å². The minimum Gasteiger partial charge on any atom is -0.459 e. The van der Waals surface area contributed by atoms with Gasteiger partial charge in [-0.1, -0.05) is 18.2 Å². The number of aromatic nitrogens is 1. The van der Waals surface area contributed by atoms with Crippen LogP contribution in [-0.4, -0.2) is 16.9 Å². The molecule has 0 amide bonds. The number of carbonyl (C=O) groups excluding carboxylic acids is 2. The number of rotatable bonds is 5. The van der Waals surface area contributed by atoms with Crippen LogP contribution in [0.1, 0.15) is 34.2 Å². The van der Waals surface area contributed by atoms with Gasteiger partial charge in [0.1, 0.15) is 13.2 Å².